The van der Waals surface area contributed by atoms with E-state index in [0.29, 0.717) is 11.8 Å². The predicted octanol–water partition coefficient (Wildman–Crippen LogP) is 4.34. The van der Waals surface area contributed by atoms with E-state index in [9.17, 15) is 9.18 Å². The highest BCUT2D eigenvalue weighted by Gasteiger charge is 2.35. The van der Waals surface area contributed by atoms with Crippen molar-refractivity contribution in [3.8, 4) is 10.4 Å². The van der Waals surface area contributed by atoms with Crippen molar-refractivity contribution in [1.29, 1.82) is 0 Å². The lowest BCUT2D eigenvalue weighted by Crippen LogP contribution is -2.46. The van der Waals surface area contributed by atoms with E-state index in [4.69, 9.17) is 0 Å². The summed E-state index contributed by atoms with van der Waals surface area (Å²) >= 11 is 1.62. The van der Waals surface area contributed by atoms with Crippen molar-refractivity contribution in [2.75, 3.05) is 13.1 Å². The molecule has 2 atom stereocenters. The van der Waals surface area contributed by atoms with Gasteiger partial charge in [-0.25, -0.2) is 4.39 Å². The molecular formula is C22H21FN2OS. The standard InChI is InChI=1S/C22H21FN2OS/c23-18-5-3-15(4-6-18)11-24-12-16-10-17(14-24)20-8-7-19(21-2-1-9-27-21)22(26)25(20)13-16/h1-9,16-17H,10-14H2. The fourth-order valence-electron chi connectivity index (χ4n) is 4.64. The molecule has 2 aliphatic rings. The summed E-state index contributed by atoms with van der Waals surface area (Å²) in [5.74, 6) is 0.695. The summed E-state index contributed by atoms with van der Waals surface area (Å²) in [6.07, 6.45) is 1.15. The second-order valence-electron chi connectivity index (χ2n) is 7.68. The van der Waals surface area contributed by atoms with Gasteiger partial charge in [-0.2, -0.15) is 0 Å². The fourth-order valence-corrected chi connectivity index (χ4v) is 5.38. The van der Waals surface area contributed by atoms with Crippen molar-refractivity contribution in [2.45, 2.75) is 25.4 Å². The molecule has 3 aromatic rings. The minimum Gasteiger partial charge on any atom is -0.311 e. The Morgan fingerprint density at radius 3 is 2.67 bits per heavy atom. The number of fused-ring (bicyclic) bond motifs is 4. The number of halogens is 1. The van der Waals surface area contributed by atoms with Gasteiger partial charge in [-0.3, -0.25) is 9.69 Å². The van der Waals surface area contributed by atoms with Crippen LogP contribution in [0.3, 0.4) is 0 Å². The first-order chi connectivity index (χ1) is 13.2. The molecule has 0 amide bonds. The van der Waals surface area contributed by atoms with Crippen LogP contribution in [0.25, 0.3) is 10.4 Å². The zero-order valence-corrected chi connectivity index (χ0v) is 15.8. The number of hydrogen-bond acceptors (Lipinski definition) is 3. The van der Waals surface area contributed by atoms with Crippen LogP contribution in [-0.4, -0.2) is 22.6 Å². The number of likely N-dealkylation sites (tertiary alicyclic amines) is 1. The molecule has 2 aromatic heterocycles. The Balaban J connectivity index is 1.42. The minimum atomic E-state index is -0.191. The summed E-state index contributed by atoms with van der Waals surface area (Å²) in [5, 5.41) is 2.01. The lowest BCUT2D eigenvalue weighted by Gasteiger charge is -2.43. The Kier molecular flexibility index (Phi) is 4.21. The molecule has 0 N–H and O–H groups in total. The van der Waals surface area contributed by atoms with E-state index in [1.165, 1.54) is 17.8 Å². The molecule has 1 fully saturated rings. The molecule has 2 aliphatic heterocycles. The van der Waals surface area contributed by atoms with Gasteiger partial charge in [0.15, 0.2) is 0 Å². The molecule has 5 rings (SSSR count). The molecule has 4 heterocycles. The van der Waals surface area contributed by atoms with Gasteiger partial charge in [-0.05, 0) is 53.6 Å². The molecule has 1 aromatic carbocycles. The van der Waals surface area contributed by atoms with Crippen LogP contribution in [0.2, 0.25) is 0 Å². The summed E-state index contributed by atoms with van der Waals surface area (Å²) in [6, 6.07) is 14.9. The topological polar surface area (TPSA) is 25.2 Å². The Labute approximate surface area is 161 Å². The SMILES string of the molecule is O=c1c(-c2cccs2)ccc2n1CC1CC2CN(Cc2ccc(F)cc2)C1. The van der Waals surface area contributed by atoms with Crippen LogP contribution in [0, 0.1) is 11.7 Å². The van der Waals surface area contributed by atoms with E-state index < -0.39 is 0 Å². The normalized spacial score (nSPS) is 21.8. The first-order valence-electron chi connectivity index (χ1n) is 9.42. The van der Waals surface area contributed by atoms with Crippen LogP contribution in [0.5, 0.6) is 0 Å². The summed E-state index contributed by atoms with van der Waals surface area (Å²) in [7, 11) is 0. The average Bonchev–Trinajstić information content (AvgIpc) is 3.19. The summed E-state index contributed by atoms with van der Waals surface area (Å²) in [5.41, 5.74) is 3.27. The van der Waals surface area contributed by atoms with Crippen molar-refractivity contribution in [3.63, 3.8) is 0 Å². The van der Waals surface area contributed by atoms with Gasteiger partial charge in [0.2, 0.25) is 0 Å². The first kappa shape index (κ1) is 16.9. The highest BCUT2D eigenvalue weighted by atomic mass is 32.1. The zero-order chi connectivity index (χ0) is 18.4. The molecule has 0 spiro atoms. The van der Waals surface area contributed by atoms with Crippen LogP contribution in [0.15, 0.2) is 58.7 Å². The number of aromatic nitrogens is 1. The quantitative estimate of drug-likeness (QED) is 0.676. The van der Waals surface area contributed by atoms with E-state index in [1.807, 2.05) is 40.3 Å². The molecule has 2 unspecified atom stereocenters. The molecule has 5 heteroatoms. The third-order valence-electron chi connectivity index (χ3n) is 5.79. The number of pyridine rings is 1. The second-order valence-corrected chi connectivity index (χ2v) is 8.63. The maximum absolute atomic E-state index is 13.1. The van der Waals surface area contributed by atoms with Crippen molar-refractivity contribution in [1.82, 2.24) is 9.47 Å². The molecule has 0 aliphatic carbocycles. The van der Waals surface area contributed by atoms with Crippen LogP contribution < -0.4 is 5.56 Å². The van der Waals surface area contributed by atoms with Crippen LogP contribution in [-0.2, 0) is 13.1 Å². The molecule has 2 bridgehead atoms. The Hall–Kier alpha value is -2.24. The van der Waals surface area contributed by atoms with Crippen LogP contribution in [0.4, 0.5) is 4.39 Å². The fraction of sp³-hybridized carbons (Fsp3) is 0.318. The van der Waals surface area contributed by atoms with Gasteiger partial charge in [-0.15, -0.1) is 11.3 Å². The lowest BCUT2D eigenvalue weighted by molar-refractivity contribution is 0.114. The Bertz CT molecular complexity index is 1010. The third kappa shape index (κ3) is 3.15. The monoisotopic (exact) mass is 380 g/mol. The van der Waals surface area contributed by atoms with Crippen molar-refractivity contribution >= 4 is 11.3 Å². The number of hydrogen-bond donors (Lipinski definition) is 0. The number of rotatable bonds is 3. The van der Waals surface area contributed by atoms with Gasteiger partial charge >= 0.3 is 0 Å². The van der Waals surface area contributed by atoms with Gasteiger partial charge in [0.05, 0.1) is 5.56 Å². The summed E-state index contributed by atoms with van der Waals surface area (Å²) in [6.45, 7) is 3.57. The van der Waals surface area contributed by atoms with Crippen LogP contribution in [0.1, 0.15) is 23.6 Å². The average molecular weight is 380 g/mol. The molecule has 1 saturated heterocycles. The molecule has 138 valence electrons. The minimum absolute atomic E-state index is 0.150. The van der Waals surface area contributed by atoms with E-state index in [0.717, 1.165) is 48.6 Å². The van der Waals surface area contributed by atoms with Gasteiger partial charge in [0.1, 0.15) is 5.82 Å². The van der Waals surface area contributed by atoms with Gasteiger partial charge in [0.25, 0.3) is 5.56 Å². The molecular weight excluding hydrogens is 359 g/mol. The van der Waals surface area contributed by atoms with E-state index in [2.05, 4.69) is 11.0 Å². The third-order valence-corrected chi connectivity index (χ3v) is 6.69. The largest absolute Gasteiger partial charge is 0.311 e. The highest BCUT2D eigenvalue weighted by Crippen LogP contribution is 2.36. The van der Waals surface area contributed by atoms with Crippen molar-refractivity contribution < 1.29 is 4.39 Å². The smallest absolute Gasteiger partial charge is 0.259 e. The summed E-state index contributed by atoms with van der Waals surface area (Å²) < 4.78 is 15.2. The maximum Gasteiger partial charge on any atom is 0.259 e. The second kappa shape index (κ2) is 6.73. The van der Waals surface area contributed by atoms with E-state index >= 15 is 0 Å². The number of nitrogens with zero attached hydrogens (tertiary/aromatic N) is 2. The Morgan fingerprint density at radius 2 is 1.89 bits per heavy atom. The lowest BCUT2D eigenvalue weighted by atomic mass is 9.82. The predicted molar refractivity (Wildman–Crippen MR) is 107 cm³/mol. The van der Waals surface area contributed by atoms with Gasteiger partial charge < -0.3 is 4.57 Å². The first-order valence-corrected chi connectivity index (χ1v) is 10.3. The zero-order valence-electron chi connectivity index (χ0n) is 15.0. The molecule has 0 radical (unpaired) electrons. The van der Waals surface area contributed by atoms with Gasteiger partial charge in [0, 0.05) is 42.7 Å². The van der Waals surface area contributed by atoms with E-state index in [-0.39, 0.29) is 11.4 Å². The Morgan fingerprint density at radius 1 is 1.04 bits per heavy atom. The van der Waals surface area contributed by atoms with Crippen molar-refractivity contribution in [3.05, 3.63) is 81.3 Å². The number of benzene rings is 1. The van der Waals surface area contributed by atoms with E-state index in [1.54, 1.807) is 11.3 Å². The highest BCUT2D eigenvalue weighted by molar-refractivity contribution is 7.13. The van der Waals surface area contributed by atoms with Gasteiger partial charge in [-0.1, -0.05) is 18.2 Å². The number of thiophene rings is 1. The van der Waals surface area contributed by atoms with Crippen molar-refractivity contribution in [2.24, 2.45) is 5.92 Å². The maximum atomic E-state index is 13.1. The summed E-state index contributed by atoms with van der Waals surface area (Å²) in [4.78, 5) is 16.6. The molecule has 3 nitrogen and oxygen atoms in total. The molecule has 27 heavy (non-hydrogen) atoms. The van der Waals surface area contributed by atoms with Crippen LogP contribution >= 0.6 is 11.3 Å². The molecule has 0 saturated carbocycles. The number of piperidine rings is 1.